The van der Waals surface area contributed by atoms with Gasteiger partial charge in [0.05, 0.1) is 14.2 Å². The standard InChI is InChI=1S/C17H23NO7.C8H8O2/c1-17(2,3)25-16(22)18-13(15(20)21)9-11-6-5-7-12(8-11)24-10-14(19)23-4;1-10-8-4-2-7(6-9)3-5-8/h5-8,13H,9-10H2,1-4H3,(H,18,22)(H,20,21);2-6H,1H3/t13-;/m0./s1. The molecule has 0 radical (unpaired) electrons. The maximum atomic E-state index is 11.8. The third kappa shape index (κ3) is 12.1. The van der Waals surface area contributed by atoms with E-state index in [0.717, 1.165) is 12.0 Å². The first kappa shape index (κ1) is 29.0. The number of benzene rings is 2. The second kappa shape index (κ2) is 14.2. The monoisotopic (exact) mass is 489 g/mol. The lowest BCUT2D eigenvalue weighted by Crippen LogP contribution is -2.44. The van der Waals surface area contributed by atoms with Gasteiger partial charge in [0.25, 0.3) is 0 Å². The lowest BCUT2D eigenvalue weighted by molar-refractivity contribution is -0.143. The highest BCUT2D eigenvalue weighted by Crippen LogP contribution is 2.15. The summed E-state index contributed by atoms with van der Waals surface area (Å²) in [6.45, 7) is 4.80. The summed E-state index contributed by atoms with van der Waals surface area (Å²) in [6.07, 6.45) is 0.0293. The summed E-state index contributed by atoms with van der Waals surface area (Å²) in [5, 5.41) is 11.6. The van der Waals surface area contributed by atoms with Crippen LogP contribution in [0.4, 0.5) is 4.79 Å². The van der Waals surface area contributed by atoms with Crippen LogP contribution in [0, 0.1) is 0 Å². The topological polar surface area (TPSA) is 137 Å². The van der Waals surface area contributed by atoms with E-state index in [0.29, 0.717) is 16.9 Å². The van der Waals surface area contributed by atoms with Crippen LogP contribution in [-0.4, -0.2) is 61.9 Å². The van der Waals surface area contributed by atoms with E-state index in [2.05, 4.69) is 10.1 Å². The second-order valence-corrected chi connectivity index (χ2v) is 8.14. The highest BCUT2D eigenvalue weighted by Gasteiger charge is 2.24. The summed E-state index contributed by atoms with van der Waals surface area (Å²) in [5.74, 6) is -0.554. The lowest BCUT2D eigenvalue weighted by Gasteiger charge is -2.22. The number of methoxy groups -OCH3 is 2. The van der Waals surface area contributed by atoms with Gasteiger partial charge in [-0.3, -0.25) is 4.79 Å². The van der Waals surface area contributed by atoms with Crippen LogP contribution < -0.4 is 14.8 Å². The van der Waals surface area contributed by atoms with Gasteiger partial charge >= 0.3 is 18.0 Å². The molecular weight excluding hydrogens is 458 g/mol. The highest BCUT2D eigenvalue weighted by molar-refractivity contribution is 5.80. The molecule has 10 nitrogen and oxygen atoms in total. The SMILES string of the molecule is COC(=O)COc1cccc(C[C@H](NC(=O)OC(C)(C)C)C(=O)O)c1.COc1ccc(C=O)cc1. The van der Waals surface area contributed by atoms with Gasteiger partial charge in [-0.25, -0.2) is 14.4 Å². The third-order valence-electron chi connectivity index (χ3n) is 4.16. The Balaban J connectivity index is 0.000000507. The Labute approximate surface area is 204 Å². The average Bonchev–Trinajstić information content (AvgIpc) is 2.81. The molecule has 0 unspecified atom stereocenters. The largest absolute Gasteiger partial charge is 0.497 e. The molecule has 0 spiro atoms. The van der Waals surface area contributed by atoms with Crippen molar-refractivity contribution in [2.45, 2.75) is 38.8 Å². The molecule has 0 saturated carbocycles. The zero-order valence-corrected chi connectivity index (χ0v) is 20.4. The molecule has 0 aromatic heterocycles. The van der Waals surface area contributed by atoms with E-state index in [1.165, 1.54) is 7.11 Å². The fourth-order valence-electron chi connectivity index (χ4n) is 2.53. The number of aliphatic carboxylic acids is 1. The van der Waals surface area contributed by atoms with Crippen LogP contribution in [0.5, 0.6) is 11.5 Å². The third-order valence-corrected chi connectivity index (χ3v) is 4.16. The fourth-order valence-corrected chi connectivity index (χ4v) is 2.53. The molecule has 2 N–H and O–H groups in total. The summed E-state index contributed by atoms with van der Waals surface area (Å²) < 4.78 is 19.7. The maximum absolute atomic E-state index is 11.8. The number of ether oxygens (including phenoxy) is 4. The molecule has 0 saturated heterocycles. The minimum atomic E-state index is -1.19. The molecule has 35 heavy (non-hydrogen) atoms. The van der Waals surface area contributed by atoms with E-state index in [1.807, 2.05) is 0 Å². The van der Waals surface area contributed by atoms with Crippen molar-refractivity contribution in [2.75, 3.05) is 20.8 Å². The molecule has 0 aliphatic heterocycles. The van der Waals surface area contributed by atoms with E-state index in [-0.39, 0.29) is 13.0 Å². The van der Waals surface area contributed by atoms with Gasteiger partial charge in [-0.1, -0.05) is 12.1 Å². The molecule has 2 aromatic carbocycles. The van der Waals surface area contributed by atoms with Gasteiger partial charge in [0.15, 0.2) is 6.61 Å². The quantitative estimate of drug-likeness (QED) is 0.401. The Kier molecular flexibility index (Phi) is 11.8. The Morgan fingerprint density at radius 2 is 1.69 bits per heavy atom. The number of aldehydes is 1. The van der Waals surface area contributed by atoms with Crippen LogP contribution >= 0.6 is 0 Å². The smallest absolute Gasteiger partial charge is 0.408 e. The first-order valence-electron chi connectivity index (χ1n) is 10.6. The summed E-state index contributed by atoms with van der Waals surface area (Å²) in [6, 6.07) is 12.3. The number of esters is 1. The van der Waals surface area contributed by atoms with Gasteiger partial charge in [-0.2, -0.15) is 0 Å². The number of hydrogen-bond acceptors (Lipinski definition) is 8. The minimum absolute atomic E-state index is 0.0317. The summed E-state index contributed by atoms with van der Waals surface area (Å²) in [7, 11) is 2.85. The zero-order chi connectivity index (χ0) is 26.4. The molecule has 0 aliphatic carbocycles. The van der Waals surface area contributed by atoms with Crippen LogP contribution in [0.3, 0.4) is 0 Å². The molecule has 190 valence electrons. The first-order valence-corrected chi connectivity index (χ1v) is 10.6. The molecule has 2 rings (SSSR count). The number of carboxylic acids is 1. The predicted molar refractivity (Wildman–Crippen MR) is 127 cm³/mol. The molecular formula is C25H31NO9. The second-order valence-electron chi connectivity index (χ2n) is 8.14. The number of alkyl carbamates (subject to hydrolysis) is 1. The van der Waals surface area contributed by atoms with E-state index in [9.17, 15) is 24.3 Å². The van der Waals surface area contributed by atoms with E-state index < -0.39 is 29.7 Å². The van der Waals surface area contributed by atoms with Gasteiger partial charge in [-0.05, 0) is 62.7 Å². The number of nitrogens with one attached hydrogen (secondary N) is 1. The van der Waals surface area contributed by atoms with Crippen molar-refractivity contribution >= 4 is 24.3 Å². The minimum Gasteiger partial charge on any atom is -0.497 e. The summed E-state index contributed by atoms with van der Waals surface area (Å²) in [5.41, 5.74) is 0.557. The van der Waals surface area contributed by atoms with Crippen molar-refractivity contribution in [2.24, 2.45) is 0 Å². The number of rotatable bonds is 9. The van der Waals surface area contributed by atoms with Gasteiger partial charge < -0.3 is 29.4 Å². The van der Waals surface area contributed by atoms with Gasteiger partial charge in [0, 0.05) is 12.0 Å². The molecule has 1 amide bonds. The average molecular weight is 490 g/mol. The molecule has 0 heterocycles. The van der Waals surface area contributed by atoms with Crippen LogP contribution in [-0.2, 0) is 25.5 Å². The normalized spacial score (nSPS) is 11.1. The molecule has 0 fully saturated rings. The van der Waals surface area contributed by atoms with Crippen molar-refractivity contribution in [3.8, 4) is 11.5 Å². The number of carbonyl (C=O) groups excluding carboxylic acids is 3. The van der Waals surface area contributed by atoms with E-state index in [4.69, 9.17) is 14.2 Å². The first-order chi connectivity index (χ1) is 16.5. The fraction of sp³-hybridized carbons (Fsp3) is 0.360. The van der Waals surface area contributed by atoms with E-state index >= 15 is 0 Å². The lowest BCUT2D eigenvalue weighted by atomic mass is 10.1. The van der Waals surface area contributed by atoms with Crippen LogP contribution in [0.25, 0.3) is 0 Å². The van der Waals surface area contributed by atoms with Gasteiger partial charge in [-0.15, -0.1) is 0 Å². The zero-order valence-electron chi connectivity index (χ0n) is 20.4. The number of carboxylic acid groups (broad SMARTS) is 1. The Morgan fingerprint density at radius 3 is 2.20 bits per heavy atom. The van der Waals surface area contributed by atoms with Crippen molar-refractivity contribution in [3.63, 3.8) is 0 Å². The predicted octanol–water partition coefficient (Wildman–Crippen LogP) is 3.27. The number of carbonyl (C=O) groups is 4. The Hall–Kier alpha value is -4.08. The highest BCUT2D eigenvalue weighted by atomic mass is 16.6. The van der Waals surface area contributed by atoms with Crippen LogP contribution in [0.2, 0.25) is 0 Å². The van der Waals surface area contributed by atoms with Gasteiger partial charge in [0.1, 0.15) is 29.4 Å². The number of amides is 1. The van der Waals surface area contributed by atoms with Crippen molar-refractivity contribution in [3.05, 3.63) is 59.7 Å². The van der Waals surface area contributed by atoms with Crippen molar-refractivity contribution in [1.29, 1.82) is 0 Å². The Morgan fingerprint density at radius 1 is 1.03 bits per heavy atom. The van der Waals surface area contributed by atoms with Crippen molar-refractivity contribution < 1.29 is 43.2 Å². The van der Waals surface area contributed by atoms with Crippen LogP contribution in [0.15, 0.2) is 48.5 Å². The molecule has 2 aromatic rings. The molecule has 1 atom stereocenters. The Bertz CT molecular complexity index is 981. The van der Waals surface area contributed by atoms with Crippen LogP contribution in [0.1, 0.15) is 36.7 Å². The molecule has 10 heteroatoms. The number of hydrogen-bond donors (Lipinski definition) is 2. The maximum Gasteiger partial charge on any atom is 0.408 e. The van der Waals surface area contributed by atoms with Crippen molar-refractivity contribution in [1.82, 2.24) is 5.32 Å². The van der Waals surface area contributed by atoms with Gasteiger partial charge in [0.2, 0.25) is 0 Å². The summed E-state index contributed by atoms with van der Waals surface area (Å²) >= 11 is 0. The molecule has 0 bridgehead atoms. The molecule has 0 aliphatic rings. The summed E-state index contributed by atoms with van der Waals surface area (Å²) in [4.78, 5) is 44.4. The van der Waals surface area contributed by atoms with E-state index in [1.54, 1.807) is 76.4 Å².